The number of anilines is 6. The maximum absolute atomic E-state index is 16.0. The number of piperidine rings is 4. The lowest BCUT2D eigenvalue weighted by Gasteiger charge is -2.50. The van der Waals surface area contributed by atoms with Crippen LogP contribution in [0.1, 0.15) is 72.1 Å². The van der Waals surface area contributed by atoms with Gasteiger partial charge < -0.3 is 34.6 Å². The van der Waals surface area contributed by atoms with Crippen molar-refractivity contribution in [2.24, 2.45) is 12.5 Å². The molecule has 4 aromatic carbocycles. The predicted molar refractivity (Wildman–Crippen MR) is 295 cm³/mol. The molecule has 4 amide bonds. The van der Waals surface area contributed by atoms with Crippen LogP contribution >= 0.6 is 23.1 Å². The molecule has 1 unspecified atom stereocenters. The Labute approximate surface area is 449 Å². The molecular formula is C56H60BrFN11O6P. The monoisotopic (exact) mass is 1110 g/mol. The number of nitrogens with one attached hydrogen (secondary N) is 3. The van der Waals surface area contributed by atoms with Crippen LogP contribution in [0.3, 0.4) is 0 Å². The van der Waals surface area contributed by atoms with Crippen molar-refractivity contribution in [1.82, 2.24) is 34.9 Å². The van der Waals surface area contributed by atoms with Crippen LogP contribution in [-0.2, 0) is 21.2 Å². The number of carbonyl (C=O) groups excluding carboxylic acids is 4. The molecule has 0 bridgehead atoms. The topological polar surface area (TPSA) is 187 Å². The van der Waals surface area contributed by atoms with Crippen LogP contribution in [0.4, 0.5) is 38.9 Å². The summed E-state index contributed by atoms with van der Waals surface area (Å²) in [5.41, 5.74) is 6.69. The molecule has 1 spiro atoms. The Hall–Kier alpha value is -6.95. The predicted octanol–water partition coefficient (Wildman–Crippen LogP) is 8.94. The molecule has 17 nitrogen and oxygen atoms in total. The van der Waals surface area contributed by atoms with Gasteiger partial charge in [-0.2, -0.15) is 10.1 Å². The highest BCUT2D eigenvalue weighted by atomic mass is 79.9. The van der Waals surface area contributed by atoms with E-state index in [4.69, 9.17) is 9.72 Å². The number of hydrogen-bond acceptors (Lipinski definition) is 14. The lowest BCUT2D eigenvalue weighted by atomic mass is 9.72. The van der Waals surface area contributed by atoms with Crippen molar-refractivity contribution in [1.29, 1.82) is 0 Å². The number of methoxy groups -OCH3 is 1. The average Bonchev–Trinajstić information content (AvgIpc) is 3.97. The standard InChI is InChI=1S/C56H60BrFN11O6P/c1-65-32-36(30-60-65)38-27-44(62-55-59-31-41(57)51(64-55)61-43-12-11-35(25-49(43)76(3,4)74)34-9-6-5-7-10-34)48(75-2)29-46(38)67-21-15-37(16-22-67)66-23-18-56(19-24-66)17-8-20-68(33-56)47-28-40-39(26-42(47)58)53(72)69(54(40)73)45-13-14-50(70)63-52(45)71/h5-7,9-12,25-32,37,45H,8,13-24,33H2,1-4H3,(H,63,70,71)(H2,59,61,62,64). The third kappa shape index (κ3) is 10.00. The highest BCUT2D eigenvalue weighted by molar-refractivity contribution is 9.10. The lowest BCUT2D eigenvalue weighted by molar-refractivity contribution is -0.136. The summed E-state index contributed by atoms with van der Waals surface area (Å²) in [5.74, 6) is -1.60. The Bertz CT molecular complexity index is 3340. The summed E-state index contributed by atoms with van der Waals surface area (Å²) in [5, 5.41) is 14.3. The maximum atomic E-state index is 16.0. The van der Waals surface area contributed by atoms with Gasteiger partial charge in [-0.25, -0.2) is 9.37 Å². The second-order valence-corrected chi connectivity index (χ2v) is 25.2. The number of likely N-dealkylation sites (tertiary alicyclic amines) is 1. The van der Waals surface area contributed by atoms with Crippen molar-refractivity contribution >= 4 is 86.5 Å². The Morgan fingerprint density at radius 2 is 1.54 bits per heavy atom. The smallest absolute Gasteiger partial charge is 0.262 e. The van der Waals surface area contributed by atoms with E-state index in [0.29, 0.717) is 63.5 Å². The van der Waals surface area contributed by atoms with E-state index in [1.54, 1.807) is 31.3 Å². The first kappa shape index (κ1) is 51.2. The second-order valence-electron chi connectivity index (χ2n) is 21.1. The molecule has 1 atom stereocenters. The molecule has 394 valence electrons. The van der Waals surface area contributed by atoms with Crippen LogP contribution in [0.15, 0.2) is 95.9 Å². The normalized spacial score (nSPS) is 19.3. The fraction of sp³-hybridized carbons (Fsp3) is 0.375. The zero-order valence-corrected chi connectivity index (χ0v) is 45.4. The number of aryl methyl sites for hydroxylation is 1. The minimum atomic E-state index is -2.73. The Kier molecular flexibility index (Phi) is 13.8. The van der Waals surface area contributed by atoms with E-state index in [1.807, 2.05) is 72.9 Å². The molecule has 5 aliphatic rings. The van der Waals surface area contributed by atoms with Crippen LogP contribution in [-0.4, -0.2) is 125 Å². The van der Waals surface area contributed by atoms with E-state index >= 15 is 4.39 Å². The van der Waals surface area contributed by atoms with E-state index in [-0.39, 0.29) is 29.4 Å². The number of halogens is 2. The molecule has 0 saturated carbocycles. The van der Waals surface area contributed by atoms with Gasteiger partial charge in [-0.15, -0.1) is 0 Å². The van der Waals surface area contributed by atoms with E-state index in [9.17, 15) is 23.7 Å². The van der Waals surface area contributed by atoms with Gasteiger partial charge in [-0.3, -0.25) is 34.1 Å². The van der Waals surface area contributed by atoms with Crippen LogP contribution in [0, 0.1) is 11.2 Å². The quantitative estimate of drug-likeness (QED) is 0.0779. The summed E-state index contributed by atoms with van der Waals surface area (Å²) in [6.07, 6.45) is 11.4. The molecule has 0 aliphatic carbocycles. The van der Waals surface area contributed by atoms with Gasteiger partial charge in [0.2, 0.25) is 17.8 Å². The molecule has 2 aromatic heterocycles. The molecule has 7 heterocycles. The van der Waals surface area contributed by atoms with Gasteiger partial charge in [0.05, 0.1) is 46.0 Å². The molecule has 3 N–H and O–H groups in total. The summed E-state index contributed by atoms with van der Waals surface area (Å²) < 4.78 is 38.2. The summed E-state index contributed by atoms with van der Waals surface area (Å²) in [7, 11) is 0.833. The fourth-order valence-electron chi connectivity index (χ4n) is 11.9. The van der Waals surface area contributed by atoms with Crippen LogP contribution < -0.4 is 35.8 Å². The molecule has 4 saturated heterocycles. The Morgan fingerprint density at radius 1 is 0.789 bits per heavy atom. The summed E-state index contributed by atoms with van der Waals surface area (Å²) >= 11 is 3.64. The van der Waals surface area contributed by atoms with Crippen molar-refractivity contribution in [3.05, 3.63) is 113 Å². The molecule has 4 fully saturated rings. The van der Waals surface area contributed by atoms with Gasteiger partial charge in [0, 0.05) is 86.3 Å². The van der Waals surface area contributed by atoms with Crippen molar-refractivity contribution in [3.63, 3.8) is 0 Å². The zero-order chi connectivity index (χ0) is 53.0. The van der Waals surface area contributed by atoms with Crippen LogP contribution in [0.25, 0.3) is 22.3 Å². The van der Waals surface area contributed by atoms with Crippen molar-refractivity contribution in [2.45, 2.75) is 63.5 Å². The van der Waals surface area contributed by atoms with E-state index in [0.717, 1.165) is 104 Å². The number of amides is 4. The number of carbonyl (C=O) groups is 4. The summed E-state index contributed by atoms with van der Waals surface area (Å²) in [6.45, 7) is 8.36. The molecule has 76 heavy (non-hydrogen) atoms. The van der Waals surface area contributed by atoms with E-state index in [2.05, 4.69) is 63.9 Å². The van der Waals surface area contributed by atoms with Gasteiger partial charge in [-0.05, 0) is 134 Å². The van der Waals surface area contributed by atoms with Crippen molar-refractivity contribution in [2.75, 3.05) is 80.1 Å². The molecule has 11 rings (SSSR count). The number of ether oxygens (including phenoxy) is 1. The first-order valence-electron chi connectivity index (χ1n) is 25.9. The number of benzene rings is 4. The Morgan fingerprint density at radius 3 is 2.24 bits per heavy atom. The molecule has 5 aliphatic heterocycles. The number of nitrogens with zero attached hydrogens (tertiary/aromatic N) is 8. The van der Waals surface area contributed by atoms with Gasteiger partial charge in [0.1, 0.15) is 30.6 Å². The zero-order valence-electron chi connectivity index (χ0n) is 42.9. The Balaban J connectivity index is 0.760. The van der Waals surface area contributed by atoms with Gasteiger partial charge in [-0.1, -0.05) is 36.4 Å². The lowest BCUT2D eigenvalue weighted by Crippen LogP contribution is -2.54. The third-order valence-electron chi connectivity index (χ3n) is 16.0. The van der Waals surface area contributed by atoms with Gasteiger partial charge >= 0.3 is 0 Å². The first-order valence-corrected chi connectivity index (χ1v) is 29.3. The number of rotatable bonds is 12. The number of fused-ring (bicyclic) bond motifs is 1. The van der Waals surface area contributed by atoms with Crippen LogP contribution in [0.2, 0.25) is 0 Å². The second kappa shape index (κ2) is 20.5. The highest BCUT2D eigenvalue weighted by Crippen LogP contribution is 2.46. The SMILES string of the molecule is COc1cc(N2CCC(N3CCC4(CCCN(c5cc6c(cc5F)C(=O)N(C5CCC(=O)NC5=O)C6=O)C4)CC3)CC2)c(-c2cnn(C)c2)cc1Nc1ncc(Br)c(Nc2ccc(-c3ccccc3)cc2P(C)(C)=O)n1. The minimum Gasteiger partial charge on any atom is -0.494 e. The number of aromatic nitrogens is 4. The van der Waals surface area contributed by atoms with Gasteiger partial charge in [0.25, 0.3) is 11.8 Å². The average molecular weight is 1110 g/mol. The number of imide groups is 2. The van der Waals surface area contributed by atoms with E-state index < -0.39 is 42.6 Å². The maximum Gasteiger partial charge on any atom is 0.262 e. The fourth-order valence-corrected chi connectivity index (χ4v) is 13.4. The van der Waals surface area contributed by atoms with Crippen molar-refractivity contribution < 1.29 is 32.9 Å². The third-order valence-corrected chi connectivity index (χ3v) is 18.1. The van der Waals surface area contributed by atoms with Crippen LogP contribution in [0.5, 0.6) is 5.75 Å². The first-order chi connectivity index (χ1) is 36.5. The largest absolute Gasteiger partial charge is 0.494 e. The molecule has 6 aromatic rings. The summed E-state index contributed by atoms with van der Waals surface area (Å²) in [6, 6.07) is 22.0. The van der Waals surface area contributed by atoms with Gasteiger partial charge in [0.15, 0.2) is 0 Å². The van der Waals surface area contributed by atoms with Crippen molar-refractivity contribution in [3.8, 4) is 28.0 Å². The number of hydrogen-bond donors (Lipinski definition) is 3. The van der Waals surface area contributed by atoms with E-state index in [1.165, 1.54) is 6.07 Å². The molecular weight excluding hydrogens is 1050 g/mol. The molecule has 20 heteroatoms. The molecule has 0 radical (unpaired) electrons. The summed E-state index contributed by atoms with van der Waals surface area (Å²) in [4.78, 5) is 68.9. The minimum absolute atomic E-state index is 0.0135. The highest BCUT2D eigenvalue weighted by Gasteiger charge is 2.46.